The van der Waals surface area contributed by atoms with Gasteiger partial charge < -0.3 is 19.3 Å². The smallest absolute Gasteiger partial charge is 0.336 e. The minimum atomic E-state index is -3.14. The first kappa shape index (κ1) is 44.0. The summed E-state index contributed by atoms with van der Waals surface area (Å²) in [6, 6.07) is -0.597. The van der Waals surface area contributed by atoms with Crippen molar-refractivity contribution in [2.24, 2.45) is 0 Å². The fourth-order valence-corrected chi connectivity index (χ4v) is 4.46. The number of hydrogen-bond acceptors (Lipinski definition) is 4. The van der Waals surface area contributed by atoms with Crippen LogP contribution >= 0.6 is 24.0 Å². The zero-order valence-corrected chi connectivity index (χ0v) is 28.0. The summed E-state index contributed by atoms with van der Waals surface area (Å²) >= 11 is 0. The first-order chi connectivity index (χ1) is 26.0. The van der Waals surface area contributed by atoms with E-state index < -0.39 is 180 Å². The van der Waals surface area contributed by atoms with Crippen molar-refractivity contribution in [1.29, 1.82) is 0 Å². The molecule has 0 atom stereocenters. The molecule has 57 heavy (non-hydrogen) atoms. The first-order valence-electron chi connectivity index (χ1n) is 13.5. The molecule has 5 nitrogen and oxygen atoms in total. The molecule has 5 aromatic carbocycles. The fraction of sp³-hybridized carbons (Fsp3) is 0. The maximum Gasteiger partial charge on any atom is 0.336 e. The van der Waals surface area contributed by atoms with Crippen molar-refractivity contribution in [3.8, 4) is 45.6 Å². The Kier molecular flexibility index (Phi) is 12.1. The lowest BCUT2D eigenvalue weighted by molar-refractivity contribution is 0.0696. The lowest BCUT2D eigenvalue weighted by Gasteiger charge is -2.23. The molecule has 0 radical (unpaired) electrons. The van der Waals surface area contributed by atoms with E-state index in [9.17, 15) is 88.9 Å². The summed E-state index contributed by atoms with van der Waals surface area (Å²) in [5, 5.41) is 9.87. The third-order valence-electron chi connectivity index (χ3n) is 7.02. The Hall–Kier alpha value is -5.70. The molecule has 304 valence electrons. The second kappa shape index (κ2) is 15.7. The van der Waals surface area contributed by atoms with Crippen LogP contribution in [0, 0.1) is 116 Å². The number of aromatic carboxylic acids is 1. The lowest BCUT2D eigenvalue weighted by atomic mass is 9.95. The minimum absolute atomic E-state index is 0. The van der Waals surface area contributed by atoms with Gasteiger partial charge in [-0.05, 0) is 0 Å². The molecule has 26 heteroatoms. The van der Waals surface area contributed by atoms with Crippen LogP contribution in [0.4, 0.5) is 87.8 Å². The van der Waals surface area contributed by atoms with Gasteiger partial charge in [0.25, 0.3) is 0 Å². The highest BCUT2D eigenvalue weighted by Crippen LogP contribution is 2.54. The van der Waals surface area contributed by atoms with Gasteiger partial charge in [0.15, 0.2) is 34.8 Å². The summed E-state index contributed by atoms with van der Waals surface area (Å²) in [7, 11) is 0. The molecular weight excluding hydrogens is 959 g/mol. The van der Waals surface area contributed by atoms with E-state index in [1.165, 1.54) is 0 Å². The average Bonchev–Trinajstić information content (AvgIpc) is 3.17. The average molecular weight is 962 g/mol. The Morgan fingerprint density at radius 3 is 0.877 bits per heavy atom. The zero-order valence-electron chi connectivity index (χ0n) is 25.6. The van der Waals surface area contributed by atoms with Gasteiger partial charge in [0.1, 0.15) is 0 Å². The van der Waals surface area contributed by atoms with Crippen LogP contribution in [0.2, 0.25) is 0 Å². The SMILES string of the molecule is I.O=C(O)c1cc(Oc2c(F)c(F)c(F)c(F)c2F)c(Oc2c(F)c(F)c(F)c(F)c2F)c(Oc2c(F)c(F)c(F)c(F)c2F)c1-c1c(F)c(F)c(F)c(F)c1F. The Bertz CT molecular complexity index is 2450. The highest BCUT2D eigenvalue weighted by molar-refractivity contribution is 14.0. The number of carbonyl (C=O) groups is 1. The van der Waals surface area contributed by atoms with Crippen LogP contribution < -0.4 is 14.2 Å². The molecular formula is C31H3F20IO5. The fourth-order valence-electron chi connectivity index (χ4n) is 4.46. The van der Waals surface area contributed by atoms with Crippen molar-refractivity contribution in [1.82, 2.24) is 0 Å². The lowest BCUT2D eigenvalue weighted by Crippen LogP contribution is -2.12. The van der Waals surface area contributed by atoms with E-state index in [2.05, 4.69) is 14.2 Å². The van der Waals surface area contributed by atoms with E-state index in [1.54, 1.807) is 0 Å². The van der Waals surface area contributed by atoms with Gasteiger partial charge in [-0.15, -0.1) is 24.0 Å². The second-order valence-corrected chi connectivity index (χ2v) is 10.2. The van der Waals surface area contributed by atoms with Crippen molar-refractivity contribution in [3.05, 3.63) is 128 Å². The second-order valence-electron chi connectivity index (χ2n) is 10.2. The standard InChI is InChI=1S/C31H2F20O5.HI/c32-6-5(7(33)9(35)10(36)8(6)34)4-2(31(52)53)1-3(54-28-20(46)14(40)11(37)15(41)21(28)47)26(55-29-22(48)16(42)12(38)17(43)23(29)49)27(4)56-30-24(50)18(44)13(39)19(45)25(30)51;/h1H,(H,52,53);1H. The molecule has 5 aromatic rings. The number of carboxylic acid groups (broad SMARTS) is 1. The third kappa shape index (κ3) is 6.91. The van der Waals surface area contributed by atoms with Gasteiger partial charge in [-0.25, -0.2) is 66.3 Å². The highest BCUT2D eigenvalue weighted by atomic mass is 127. The van der Waals surface area contributed by atoms with E-state index in [-0.39, 0.29) is 24.0 Å². The van der Waals surface area contributed by atoms with Crippen molar-refractivity contribution < 1.29 is 112 Å². The summed E-state index contributed by atoms with van der Waals surface area (Å²) < 4.78 is 302. The molecule has 1 N–H and O–H groups in total. The van der Waals surface area contributed by atoms with Gasteiger partial charge in [0.05, 0.1) is 11.1 Å². The van der Waals surface area contributed by atoms with Gasteiger partial charge in [0.2, 0.25) is 116 Å². The number of benzene rings is 5. The first-order valence-corrected chi connectivity index (χ1v) is 13.5. The molecule has 0 saturated carbocycles. The van der Waals surface area contributed by atoms with E-state index in [4.69, 9.17) is 0 Å². The van der Waals surface area contributed by atoms with E-state index in [0.717, 1.165) is 0 Å². The van der Waals surface area contributed by atoms with Crippen LogP contribution in [0.25, 0.3) is 11.1 Å². The monoisotopic (exact) mass is 962 g/mol. The van der Waals surface area contributed by atoms with Gasteiger partial charge >= 0.3 is 5.97 Å². The van der Waals surface area contributed by atoms with Crippen LogP contribution in [0.15, 0.2) is 6.07 Å². The summed E-state index contributed by atoms with van der Waals surface area (Å²) in [5.41, 5.74) is -7.49. The van der Waals surface area contributed by atoms with Gasteiger partial charge in [-0.1, -0.05) is 0 Å². The molecule has 0 saturated heterocycles. The highest BCUT2D eigenvalue weighted by Gasteiger charge is 2.39. The Balaban J connectivity index is 0.00000720. The summed E-state index contributed by atoms with van der Waals surface area (Å²) in [5.74, 6) is -80.5. The Morgan fingerprint density at radius 1 is 0.333 bits per heavy atom. The minimum Gasteiger partial charge on any atom is -0.478 e. The molecule has 0 heterocycles. The van der Waals surface area contributed by atoms with Gasteiger partial charge in [0, 0.05) is 11.6 Å². The molecule has 0 aliphatic carbocycles. The number of halogens is 21. The molecule has 0 spiro atoms. The number of ether oxygens (including phenoxy) is 3. The summed E-state index contributed by atoms with van der Waals surface area (Å²) in [6.07, 6.45) is 0. The van der Waals surface area contributed by atoms with E-state index >= 15 is 8.78 Å². The maximum absolute atomic E-state index is 15.3. The van der Waals surface area contributed by atoms with Gasteiger partial charge in [-0.2, -0.15) is 26.3 Å². The largest absolute Gasteiger partial charge is 0.478 e. The van der Waals surface area contributed by atoms with Crippen molar-refractivity contribution in [2.75, 3.05) is 0 Å². The molecule has 0 amide bonds. The molecule has 0 fully saturated rings. The number of carboxylic acids is 1. The van der Waals surface area contributed by atoms with Crippen LogP contribution in [-0.4, -0.2) is 11.1 Å². The molecule has 0 aromatic heterocycles. The third-order valence-corrected chi connectivity index (χ3v) is 7.02. The summed E-state index contributed by atoms with van der Waals surface area (Å²) in [4.78, 5) is 12.4. The van der Waals surface area contributed by atoms with E-state index in [0.29, 0.717) is 0 Å². The van der Waals surface area contributed by atoms with Crippen LogP contribution in [0.3, 0.4) is 0 Å². The molecule has 0 aliphatic rings. The molecule has 5 rings (SSSR count). The molecule has 0 aliphatic heterocycles. The molecule has 0 unspecified atom stereocenters. The van der Waals surface area contributed by atoms with E-state index in [1.807, 2.05) is 0 Å². The number of hydrogen-bond donors (Lipinski definition) is 1. The van der Waals surface area contributed by atoms with Crippen molar-refractivity contribution in [2.45, 2.75) is 0 Å². The predicted molar refractivity (Wildman–Crippen MR) is 153 cm³/mol. The predicted octanol–water partition coefficient (Wildman–Crippen LogP) is 11.8. The quantitative estimate of drug-likeness (QED) is 0.0726. The van der Waals surface area contributed by atoms with Crippen molar-refractivity contribution >= 4 is 29.9 Å². The van der Waals surface area contributed by atoms with Crippen LogP contribution in [-0.2, 0) is 0 Å². The molecule has 0 bridgehead atoms. The Labute approximate surface area is 315 Å². The normalized spacial score (nSPS) is 11.2. The number of rotatable bonds is 8. The van der Waals surface area contributed by atoms with Gasteiger partial charge in [-0.3, -0.25) is 0 Å². The summed E-state index contributed by atoms with van der Waals surface area (Å²) in [6.45, 7) is 0. The Morgan fingerprint density at radius 2 is 0.579 bits per heavy atom. The maximum atomic E-state index is 15.3. The zero-order chi connectivity index (χ0) is 42.1. The topological polar surface area (TPSA) is 65.0 Å². The van der Waals surface area contributed by atoms with Crippen LogP contribution in [0.1, 0.15) is 10.4 Å². The van der Waals surface area contributed by atoms with Crippen LogP contribution in [0.5, 0.6) is 34.5 Å². The van der Waals surface area contributed by atoms with Crippen molar-refractivity contribution in [3.63, 3.8) is 0 Å².